The number of aliphatic hydroxyl groups excluding tert-OH is 1. The maximum Gasteiger partial charge on any atom is 0.274 e. The first-order valence-corrected chi connectivity index (χ1v) is 10.1. The largest absolute Gasteiger partial charge is 0.389 e. The Bertz CT molecular complexity index is 1210. The molecule has 5 nitrogen and oxygen atoms in total. The third kappa shape index (κ3) is 4.44. The second-order valence-electron chi connectivity index (χ2n) is 7.01. The first-order valence-electron chi connectivity index (χ1n) is 9.68. The molecule has 0 fully saturated rings. The molecule has 1 atom stereocenters. The summed E-state index contributed by atoms with van der Waals surface area (Å²) in [6.07, 6.45) is -0.887. The van der Waals surface area contributed by atoms with Crippen molar-refractivity contribution in [3.8, 4) is 11.3 Å². The Kier molecular flexibility index (Phi) is 6.23. The van der Waals surface area contributed by atoms with Crippen LogP contribution in [0.2, 0.25) is 5.02 Å². The Morgan fingerprint density at radius 1 is 0.933 bits per heavy atom. The molecule has 1 heterocycles. The third-order valence-electron chi connectivity index (χ3n) is 4.82. The van der Waals surface area contributed by atoms with E-state index in [1.807, 2.05) is 66.7 Å². The summed E-state index contributed by atoms with van der Waals surface area (Å²) >= 11 is 6.12. The summed E-state index contributed by atoms with van der Waals surface area (Å²) < 4.78 is 6.91. The van der Waals surface area contributed by atoms with Crippen LogP contribution in [-0.2, 0) is 17.9 Å². The zero-order valence-corrected chi connectivity index (χ0v) is 17.0. The fourth-order valence-electron chi connectivity index (χ4n) is 3.34. The number of aromatic nitrogens is 2. The fraction of sp³-hybridized carbons (Fsp3) is 0.167. The Labute approximate surface area is 179 Å². The van der Waals surface area contributed by atoms with Crippen molar-refractivity contribution in [2.24, 2.45) is 0 Å². The van der Waals surface area contributed by atoms with E-state index in [0.29, 0.717) is 16.1 Å². The highest BCUT2D eigenvalue weighted by Gasteiger charge is 2.15. The van der Waals surface area contributed by atoms with Crippen LogP contribution in [0.15, 0.2) is 83.7 Å². The third-order valence-corrected chi connectivity index (χ3v) is 5.19. The van der Waals surface area contributed by atoms with Gasteiger partial charge in [-0.15, -0.1) is 0 Å². The minimum absolute atomic E-state index is 0.0338. The number of fused-ring (bicyclic) bond motifs is 1. The van der Waals surface area contributed by atoms with Crippen LogP contribution >= 0.6 is 11.6 Å². The normalized spacial score (nSPS) is 12.2. The molecule has 1 N–H and O–H groups in total. The van der Waals surface area contributed by atoms with E-state index in [1.54, 1.807) is 12.1 Å². The van der Waals surface area contributed by atoms with Gasteiger partial charge in [0.15, 0.2) is 0 Å². The predicted molar refractivity (Wildman–Crippen MR) is 119 cm³/mol. The summed E-state index contributed by atoms with van der Waals surface area (Å²) in [6, 6.07) is 24.5. The van der Waals surface area contributed by atoms with Crippen molar-refractivity contribution in [1.29, 1.82) is 0 Å². The summed E-state index contributed by atoms with van der Waals surface area (Å²) in [4.78, 5) is 12.9. The SMILES string of the molecule is O=c1c2ccccc2c(-c2ccccc2)nn1C[C@@H](O)COCc1ccccc1Cl. The van der Waals surface area contributed by atoms with Crippen LogP contribution in [0.5, 0.6) is 0 Å². The van der Waals surface area contributed by atoms with Crippen LogP contribution in [0.1, 0.15) is 5.56 Å². The Morgan fingerprint density at radius 3 is 2.37 bits per heavy atom. The average molecular weight is 421 g/mol. The lowest BCUT2D eigenvalue weighted by Gasteiger charge is -2.15. The van der Waals surface area contributed by atoms with Gasteiger partial charge in [0.05, 0.1) is 36.9 Å². The summed E-state index contributed by atoms with van der Waals surface area (Å²) in [5.41, 5.74) is 2.22. The van der Waals surface area contributed by atoms with Gasteiger partial charge in [-0.3, -0.25) is 4.79 Å². The van der Waals surface area contributed by atoms with E-state index in [-0.39, 0.29) is 25.3 Å². The molecule has 4 rings (SSSR count). The van der Waals surface area contributed by atoms with Gasteiger partial charge in [-0.05, 0) is 17.7 Å². The summed E-state index contributed by atoms with van der Waals surface area (Å²) in [6.45, 7) is 0.380. The molecule has 0 saturated carbocycles. The number of rotatable bonds is 7. The van der Waals surface area contributed by atoms with Gasteiger partial charge in [0.25, 0.3) is 5.56 Å². The van der Waals surface area contributed by atoms with E-state index in [0.717, 1.165) is 16.5 Å². The number of halogens is 1. The molecule has 6 heteroatoms. The standard InChI is InChI=1S/C24H21ClN2O3/c25-22-13-7-4-10-18(22)15-30-16-19(28)14-27-24(29)21-12-6-5-11-20(21)23(26-27)17-8-2-1-3-9-17/h1-13,19,28H,14-16H2/t19-/m1/s1. The van der Waals surface area contributed by atoms with Crippen molar-refractivity contribution >= 4 is 22.4 Å². The Balaban J connectivity index is 1.56. The highest BCUT2D eigenvalue weighted by molar-refractivity contribution is 6.31. The Hall–Kier alpha value is -2.99. The van der Waals surface area contributed by atoms with Crippen molar-refractivity contribution in [1.82, 2.24) is 9.78 Å². The second kappa shape index (κ2) is 9.22. The van der Waals surface area contributed by atoms with Crippen molar-refractivity contribution in [2.45, 2.75) is 19.3 Å². The smallest absolute Gasteiger partial charge is 0.274 e. The number of aliphatic hydroxyl groups is 1. The van der Waals surface area contributed by atoms with Gasteiger partial charge in [-0.25, -0.2) is 4.68 Å². The lowest BCUT2D eigenvalue weighted by atomic mass is 10.1. The molecule has 0 saturated heterocycles. The molecule has 0 aliphatic rings. The van der Waals surface area contributed by atoms with Gasteiger partial charge in [-0.1, -0.05) is 78.3 Å². The zero-order valence-electron chi connectivity index (χ0n) is 16.2. The lowest BCUT2D eigenvalue weighted by Crippen LogP contribution is -2.31. The van der Waals surface area contributed by atoms with Gasteiger partial charge >= 0.3 is 0 Å². The maximum absolute atomic E-state index is 12.9. The second-order valence-corrected chi connectivity index (χ2v) is 7.42. The lowest BCUT2D eigenvalue weighted by molar-refractivity contribution is 0.0182. The number of hydrogen-bond acceptors (Lipinski definition) is 4. The molecule has 1 aromatic heterocycles. The van der Waals surface area contributed by atoms with E-state index in [4.69, 9.17) is 16.3 Å². The van der Waals surface area contributed by atoms with Crippen LogP contribution < -0.4 is 5.56 Å². The fourth-order valence-corrected chi connectivity index (χ4v) is 3.53. The minimum Gasteiger partial charge on any atom is -0.389 e. The zero-order chi connectivity index (χ0) is 20.9. The quantitative estimate of drug-likeness (QED) is 0.484. The molecular formula is C24H21ClN2O3. The molecular weight excluding hydrogens is 400 g/mol. The molecule has 0 unspecified atom stereocenters. The summed E-state index contributed by atoms with van der Waals surface area (Å²) in [5.74, 6) is 0. The molecule has 4 aromatic rings. The molecule has 0 aliphatic heterocycles. The maximum atomic E-state index is 12.9. The first kappa shape index (κ1) is 20.3. The summed E-state index contributed by atoms with van der Waals surface area (Å²) in [5, 5.41) is 17.0. The molecule has 0 bridgehead atoms. The van der Waals surface area contributed by atoms with Crippen LogP contribution in [-0.4, -0.2) is 27.6 Å². The molecule has 0 radical (unpaired) electrons. The van der Waals surface area contributed by atoms with Crippen molar-refractivity contribution in [3.05, 3.63) is 99.8 Å². The molecule has 0 aliphatic carbocycles. The van der Waals surface area contributed by atoms with Crippen molar-refractivity contribution < 1.29 is 9.84 Å². The van der Waals surface area contributed by atoms with Crippen LogP contribution in [0.4, 0.5) is 0 Å². The first-order chi connectivity index (χ1) is 14.6. The van der Waals surface area contributed by atoms with Gasteiger partial charge in [0.1, 0.15) is 0 Å². The molecule has 0 amide bonds. The van der Waals surface area contributed by atoms with Crippen LogP contribution in [0, 0.1) is 0 Å². The van der Waals surface area contributed by atoms with E-state index in [9.17, 15) is 9.90 Å². The average Bonchev–Trinajstić information content (AvgIpc) is 2.78. The van der Waals surface area contributed by atoms with Gasteiger partial charge < -0.3 is 9.84 Å². The van der Waals surface area contributed by atoms with E-state index >= 15 is 0 Å². The Morgan fingerprint density at radius 2 is 1.60 bits per heavy atom. The molecule has 0 spiro atoms. The number of hydrogen-bond donors (Lipinski definition) is 1. The molecule has 30 heavy (non-hydrogen) atoms. The van der Waals surface area contributed by atoms with Crippen LogP contribution in [0.3, 0.4) is 0 Å². The highest BCUT2D eigenvalue weighted by Crippen LogP contribution is 2.24. The monoisotopic (exact) mass is 420 g/mol. The van der Waals surface area contributed by atoms with Gasteiger partial charge in [0.2, 0.25) is 0 Å². The number of benzene rings is 3. The minimum atomic E-state index is -0.887. The highest BCUT2D eigenvalue weighted by atomic mass is 35.5. The van der Waals surface area contributed by atoms with Crippen molar-refractivity contribution in [3.63, 3.8) is 0 Å². The number of ether oxygens (including phenoxy) is 1. The predicted octanol–water partition coefficient (Wildman–Crippen LogP) is 4.29. The van der Waals surface area contributed by atoms with E-state index < -0.39 is 6.10 Å². The molecule has 152 valence electrons. The topological polar surface area (TPSA) is 64.4 Å². The van der Waals surface area contributed by atoms with Crippen LogP contribution in [0.25, 0.3) is 22.0 Å². The van der Waals surface area contributed by atoms with Gasteiger partial charge in [-0.2, -0.15) is 5.10 Å². The van der Waals surface area contributed by atoms with Crippen molar-refractivity contribution in [2.75, 3.05) is 6.61 Å². The van der Waals surface area contributed by atoms with E-state index in [2.05, 4.69) is 5.10 Å². The number of nitrogens with zero attached hydrogens (tertiary/aromatic N) is 2. The summed E-state index contributed by atoms with van der Waals surface area (Å²) in [7, 11) is 0. The van der Waals surface area contributed by atoms with E-state index in [1.165, 1.54) is 4.68 Å². The molecule has 3 aromatic carbocycles. The van der Waals surface area contributed by atoms with Gasteiger partial charge in [0, 0.05) is 16.0 Å².